The van der Waals surface area contributed by atoms with Gasteiger partial charge in [-0.05, 0) is 49.7 Å². The van der Waals surface area contributed by atoms with Gasteiger partial charge in [0.15, 0.2) is 11.6 Å². The summed E-state index contributed by atoms with van der Waals surface area (Å²) in [6, 6.07) is 12.2. The van der Waals surface area contributed by atoms with E-state index in [0.717, 1.165) is 11.3 Å². The van der Waals surface area contributed by atoms with Crippen LogP contribution in [0, 0.1) is 5.82 Å². The fourth-order valence-electron chi connectivity index (χ4n) is 3.58. The zero-order valence-electron chi connectivity index (χ0n) is 17.7. The number of carbonyl (C=O) groups is 1. The third-order valence-electron chi connectivity index (χ3n) is 5.08. The molecule has 1 amide bonds. The molecule has 7 nitrogen and oxygen atoms in total. The normalized spacial score (nSPS) is 16.2. The smallest absolute Gasteiger partial charge is 0.232 e. The van der Waals surface area contributed by atoms with Gasteiger partial charge in [-0.1, -0.05) is 17.3 Å². The number of likely N-dealkylation sites (tertiary alicyclic amines) is 1. The zero-order valence-corrected chi connectivity index (χ0v) is 17.7. The number of carbonyl (C=O) groups excluding carboxylic acids is 1. The Hall–Kier alpha value is -3.42. The molecule has 1 aromatic heterocycles. The molecule has 0 saturated carbocycles. The van der Waals surface area contributed by atoms with Crippen LogP contribution in [0.15, 0.2) is 47.0 Å². The predicted molar refractivity (Wildman–Crippen MR) is 111 cm³/mol. The first-order valence-electron chi connectivity index (χ1n) is 10.1. The van der Waals surface area contributed by atoms with Crippen molar-refractivity contribution in [2.24, 2.45) is 0 Å². The highest BCUT2D eigenvalue weighted by Crippen LogP contribution is 2.31. The summed E-state index contributed by atoms with van der Waals surface area (Å²) in [6.45, 7) is 4.94. The third kappa shape index (κ3) is 4.68. The lowest BCUT2D eigenvalue weighted by atomic mass is 10.1. The maximum absolute atomic E-state index is 14.0. The Morgan fingerprint density at radius 2 is 2.00 bits per heavy atom. The van der Waals surface area contributed by atoms with Gasteiger partial charge < -0.3 is 18.9 Å². The molecule has 3 aromatic rings. The summed E-state index contributed by atoms with van der Waals surface area (Å²) in [5, 5.41) is 3.96. The molecule has 8 heteroatoms. The first-order chi connectivity index (χ1) is 14.9. The molecule has 0 aliphatic carbocycles. The van der Waals surface area contributed by atoms with Crippen LogP contribution < -0.4 is 9.47 Å². The van der Waals surface area contributed by atoms with E-state index in [2.05, 4.69) is 10.1 Å². The van der Waals surface area contributed by atoms with E-state index < -0.39 is 5.82 Å². The highest BCUT2D eigenvalue weighted by molar-refractivity contribution is 5.79. The third-order valence-corrected chi connectivity index (χ3v) is 5.08. The fraction of sp³-hybridized carbons (Fsp3) is 0.348. The van der Waals surface area contributed by atoms with Crippen LogP contribution in [0.5, 0.6) is 11.5 Å². The van der Waals surface area contributed by atoms with Crippen molar-refractivity contribution in [1.82, 2.24) is 15.0 Å². The second-order valence-corrected chi connectivity index (χ2v) is 7.79. The van der Waals surface area contributed by atoms with Gasteiger partial charge in [0.05, 0.1) is 19.1 Å². The maximum atomic E-state index is 14.0. The summed E-state index contributed by atoms with van der Waals surface area (Å²) in [4.78, 5) is 18.7. The molecule has 1 saturated heterocycles. The second kappa shape index (κ2) is 8.75. The summed E-state index contributed by atoms with van der Waals surface area (Å²) >= 11 is 0. The van der Waals surface area contributed by atoms with E-state index in [9.17, 15) is 9.18 Å². The summed E-state index contributed by atoms with van der Waals surface area (Å²) in [6.07, 6.45) is 0.410. The van der Waals surface area contributed by atoms with Crippen LogP contribution in [0.1, 0.15) is 37.6 Å². The largest absolute Gasteiger partial charge is 0.494 e. The highest BCUT2D eigenvalue weighted by atomic mass is 19.1. The van der Waals surface area contributed by atoms with Gasteiger partial charge in [-0.15, -0.1) is 0 Å². The van der Waals surface area contributed by atoms with E-state index in [4.69, 9.17) is 14.0 Å². The molecule has 0 bridgehead atoms. The van der Waals surface area contributed by atoms with Crippen molar-refractivity contribution in [1.29, 1.82) is 0 Å². The molecule has 0 spiro atoms. The average molecular weight is 425 g/mol. The van der Waals surface area contributed by atoms with Crippen LogP contribution in [0.25, 0.3) is 11.4 Å². The van der Waals surface area contributed by atoms with Crippen LogP contribution in [0.4, 0.5) is 4.39 Å². The van der Waals surface area contributed by atoms with Gasteiger partial charge >= 0.3 is 0 Å². The lowest BCUT2D eigenvalue weighted by Crippen LogP contribution is -2.24. The predicted octanol–water partition coefficient (Wildman–Crippen LogP) is 4.19. The van der Waals surface area contributed by atoms with Crippen LogP contribution in [-0.2, 0) is 11.3 Å². The molecule has 1 fully saturated rings. The summed E-state index contributed by atoms with van der Waals surface area (Å²) in [5.74, 6) is 0.943. The topological polar surface area (TPSA) is 77.7 Å². The van der Waals surface area contributed by atoms with E-state index in [-0.39, 0.29) is 29.5 Å². The number of nitrogens with zero attached hydrogens (tertiary/aromatic N) is 3. The number of hydrogen-bond acceptors (Lipinski definition) is 6. The molecule has 1 aliphatic rings. The molecular weight excluding hydrogens is 401 g/mol. The number of benzene rings is 2. The lowest BCUT2D eigenvalue weighted by molar-refractivity contribution is -0.128. The number of amides is 1. The van der Waals surface area contributed by atoms with Crippen molar-refractivity contribution >= 4 is 5.91 Å². The van der Waals surface area contributed by atoms with Gasteiger partial charge in [0.1, 0.15) is 5.75 Å². The lowest BCUT2D eigenvalue weighted by Gasteiger charge is -2.16. The van der Waals surface area contributed by atoms with Gasteiger partial charge in [-0.3, -0.25) is 4.79 Å². The summed E-state index contributed by atoms with van der Waals surface area (Å²) in [7, 11) is 1.40. The monoisotopic (exact) mass is 425 g/mol. The quantitative estimate of drug-likeness (QED) is 0.565. The van der Waals surface area contributed by atoms with Crippen molar-refractivity contribution < 1.29 is 23.2 Å². The molecule has 1 unspecified atom stereocenters. The Morgan fingerprint density at radius 1 is 1.23 bits per heavy atom. The van der Waals surface area contributed by atoms with Gasteiger partial charge in [-0.2, -0.15) is 4.98 Å². The van der Waals surface area contributed by atoms with Crippen LogP contribution >= 0.6 is 0 Å². The molecule has 162 valence electrons. The molecule has 0 radical (unpaired) electrons. The number of methoxy groups -OCH3 is 1. The Balaban J connectivity index is 1.42. The average Bonchev–Trinajstić information content (AvgIpc) is 3.36. The minimum atomic E-state index is -0.501. The van der Waals surface area contributed by atoms with Crippen molar-refractivity contribution in [2.75, 3.05) is 13.7 Å². The van der Waals surface area contributed by atoms with Crippen LogP contribution in [-0.4, -0.2) is 40.7 Å². The van der Waals surface area contributed by atoms with Gasteiger partial charge in [0.2, 0.25) is 17.6 Å². The van der Waals surface area contributed by atoms with Gasteiger partial charge in [-0.25, -0.2) is 4.39 Å². The standard InChI is InChI=1S/C23H24FN3O4/c1-14(2)30-18-7-4-15(5-8-18)12-27-13-17(11-21(27)28)23-25-22(26-31-23)16-6-9-20(29-3)19(24)10-16/h4-10,14,17H,11-13H2,1-3H3. The summed E-state index contributed by atoms with van der Waals surface area (Å²) < 4.78 is 29.9. The molecule has 2 aromatic carbocycles. The molecule has 0 N–H and O–H groups in total. The molecule has 31 heavy (non-hydrogen) atoms. The zero-order chi connectivity index (χ0) is 22.0. The molecular formula is C23H24FN3O4. The molecule has 1 atom stereocenters. The first-order valence-corrected chi connectivity index (χ1v) is 10.1. The Labute approximate surface area is 179 Å². The Morgan fingerprint density at radius 3 is 2.68 bits per heavy atom. The van der Waals surface area contributed by atoms with Crippen molar-refractivity contribution in [2.45, 2.75) is 38.8 Å². The van der Waals surface area contributed by atoms with Crippen LogP contribution in [0.2, 0.25) is 0 Å². The molecule has 1 aliphatic heterocycles. The minimum Gasteiger partial charge on any atom is -0.494 e. The second-order valence-electron chi connectivity index (χ2n) is 7.79. The number of ether oxygens (including phenoxy) is 2. The van der Waals surface area contributed by atoms with E-state index in [0.29, 0.717) is 31.0 Å². The van der Waals surface area contributed by atoms with Gasteiger partial charge in [0.25, 0.3) is 0 Å². The number of hydrogen-bond donors (Lipinski definition) is 0. The Kier molecular flexibility index (Phi) is 5.88. The summed E-state index contributed by atoms with van der Waals surface area (Å²) in [5.41, 5.74) is 1.50. The van der Waals surface area contributed by atoms with Crippen molar-refractivity contribution in [3.05, 3.63) is 59.7 Å². The maximum Gasteiger partial charge on any atom is 0.232 e. The van der Waals surface area contributed by atoms with Gasteiger partial charge in [0, 0.05) is 25.1 Å². The first kappa shape index (κ1) is 20.8. The van der Waals surface area contributed by atoms with E-state index in [1.807, 2.05) is 38.1 Å². The number of halogens is 1. The highest BCUT2D eigenvalue weighted by Gasteiger charge is 2.34. The SMILES string of the molecule is COc1ccc(-c2noc(C3CC(=O)N(Cc4ccc(OC(C)C)cc4)C3)n2)cc1F. The van der Waals surface area contributed by atoms with E-state index >= 15 is 0 Å². The minimum absolute atomic E-state index is 0.0303. The number of rotatable bonds is 7. The van der Waals surface area contributed by atoms with Crippen molar-refractivity contribution in [3.63, 3.8) is 0 Å². The Bertz CT molecular complexity index is 1060. The van der Waals surface area contributed by atoms with E-state index in [1.54, 1.807) is 11.0 Å². The van der Waals surface area contributed by atoms with Crippen LogP contribution in [0.3, 0.4) is 0 Å². The molecule has 2 heterocycles. The number of aromatic nitrogens is 2. The fourth-order valence-corrected chi connectivity index (χ4v) is 3.58. The van der Waals surface area contributed by atoms with Crippen molar-refractivity contribution in [3.8, 4) is 22.9 Å². The van der Waals surface area contributed by atoms with E-state index in [1.165, 1.54) is 19.2 Å². The molecule has 4 rings (SSSR count).